The number of halogens is 2. The van der Waals surface area contributed by atoms with E-state index in [2.05, 4.69) is 36.2 Å². The second kappa shape index (κ2) is 10.9. The van der Waals surface area contributed by atoms with E-state index in [1.165, 1.54) is 11.1 Å². The molecule has 4 aliphatic heterocycles. The zero-order valence-corrected chi connectivity index (χ0v) is 20.5. The molecule has 36 heavy (non-hydrogen) atoms. The van der Waals surface area contributed by atoms with Crippen molar-refractivity contribution in [1.82, 2.24) is 35.5 Å². The Morgan fingerprint density at radius 2 is 1.89 bits per heavy atom. The molecule has 11 nitrogen and oxygen atoms in total. The molecule has 4 unspecified atom stereocenters. The summed E-state index contributed by atoms with van der Waals surface area (Å²) in [7, 11) is 0. The summed E-state index contributed by atoms with van der Waals surface area (Å²) < 4.78 is 30.3. The van der Waals surface area contributed by atoms with E-state index in [4.69, 9.17) is 5.73 Å². The highest BCUT2D eigenvalue weighted by Crippen LogP contribution is 2.28. The summed E-state index contributed by atoms with van der Waals surface area (Å²) in [6, 6.07) is -1.00. The molecule has 5 rings (SSSR count). The van der Waals surface area contributed by atoms with Gasteiger partial charge in [0.1, 0.15) is 23.7 Å². The maximum Gasteiger partial charge on any atom is 0.259 e. The molecule has 3 fully saturated rings. The second-order valence-electron chi connectivity index (χ2n) is 10.3. The second-order valence-corrected chi connectivity index (χ2v) is 10.3. The molecule has 0 bridgehead atoms. The first-order valence-corrected chi connectivity index (χ1v) is 13.0. The number of likely N-dealkylation sites (tertiary alicyclic amines) is 2. The molecule has 4 atom stereocenters. The van der Waals surface area contributed by atoms with Gasteiger partial charge in [-0.15, -0.1) is 0 Å². The van der Waals surface area contributed by atoms with E-state index in [0.717, 1.165) is 19.6 Å². The van der Waals surface area contributed by atoms with E-state index in [-0.39, 0.29) is 42.8 Å². The average Bonchev–Trinajstić information content (AvgIpc) is 3.15. The molecule has 1 aromatic heterocycles. The highest BCUT2D eigenvalue weighted by Gasteiger charge is 2.41. The van der Waals surface area contributed by atoms with Crippen LogP contribution in [0, 0.1) is 5.92 Å². The van der Waals surface area contributed by atoms with Crippen LogP contribution in [0.2, 0.25) is 0 Å². The van der Waals surface area contributed by atoms with Gasteiger partial charge in [-0.1, -0.05) is 0 Å². The molecular formula is C23H37F2N9O2. The standard InChI is InChI=1S/C23H37F2N9O2/c24-15-10-29-21-18(20(26)31-34(21)13-15)23(36)30-17-12-27-11-16(25)19(17)33-7-2-14(3-8-33)22(35)28-4-9-32-5-1-6-32/h14-17,19,27,29H,1-13H2,(H2,26,31)(H,28,35)(H,30,36). The van der Waals surface area contributed by atoms with Gasteiger partial charge >= 0.3 is 0 Å². The van der Waals surface area contributed by atoms with Crippen molar-refractivity contribution in [1.29, 1.82) is 0 Å². The van der Waals surface area contributed by atoms with Crippen LogP contribution in [-0.2, 0) is 11.3 Å². The number of alkyl halides is 2. The number of nitrogens with two attached hydrogens (primary N) is 1. The van der Waals surface area contributed by atoms with Crippen LogP contribution in [0.4, 0.5) is 20.4 Å². The number of carbonyl (C=O) groups excluding carboxylic acids is 2. The number of carbonyl (C=O) groups is 2. The Morgan fingerprint density at radius 1 is 1.11 bits per heavy atom. The van der Waals surface area contributed by atoms with Crippen LogP contribution >= 0.6 is 0 Å². The summed E-state index contributed by atoms with van der Waals surface area (Å²) in [5.74, 6) is -0.0544. The predicted molar refractivity (Wildman–Crippen MR) is 131 cm³/mol. The van der Waals surface area contributed by atoms with Gasteiger partial charge in [-0.05, 0) is 45.4 Å². The molecule has 1 aromatic rings. The van der Waals surface area contributed by atoms with Gasteiger partial charge in [-0.25, -0.2) is 13.5 Å². The van der Waals surface area contributed by atoms with Crippen LogP contribution < -0.4 is 27.0 Å². The lowest BCUT2D eigenvalue weighted by atomic mass is 9.90. The van der Waals surface area contributed by atoms with Crippen molar-refractivity contribution >= 4 is 23.5 Å². The zero-order chi connectivity index (χ0) is 25.2. The van der Waals surface area contributed by atoms with Crippen molar-refractivity contribution in [3.05, 3.63) is 5.56 Å². The summed E-state index contributed by atoms with van der Waals surface area (Å²) in [6.45, 7) is 5.67. The van der Waals surface area contributed by atoms with Crippen LogP contribution in [-0.4, -0.2) is 115 Å². The number of piperidine rings is 2. The maximum absolute atomic E-state index is 15.2. The summed E-state index contributed by atoms with van der Waals surface area (Å²) in [5.41, 5.74) is 6.15. The number of nitrogens with one attached hydrogen (secondary N) is 4. The number of rotatable bonds is 7. The van der Waals surface area contributed by atoms with Gasteiger partial charge in [0.2, 0.25) is 5.91 Å². The number of nitrogens with zero attached hydrogens (tertiary/aromatic N) is 4. The van der Waals surface area contributed by atoms with Gasteiger partial charge in [0.15, 0.2) is 5.82 Å². The maximum atomic E-state index is 15.2. The van der Waals surface area contributed by atoms with Gasteiger partial charge in [0, 0.05) is 38.6 Å². The third-order valence-corrected chi connectivity index (χ3v) is 7.87. The van der Waals surface area contributed by atoms with Crippen molar-refractivity contribution in [2.45, 2.75) is 50.2 Å². The van der Waals surface area contributed by atoms with Crippen molar-refractivity contribution in [3.8, 4) is 0 Å². The monoisotopic (exact) mass is 509 g/mol. The molecule has 0 aromatic carbocycles. The molecular weight excluding hydrogens is 472 g/mol. The molecule has 3 saturated heterocycles. The zero-order valence-electron chi connectivity index (χ0n) is 20.5. The fourth-order valence-corrected chi connectivity index (χ4v) is 5.75. The lowest BCUT2D eigenvalue weighted by Gasteiger charge is -2.44. The normalized spacial score (nSPS) is 29.6. The third kappa shape index (κ3) is 5.28. The van der Waals surface area contributed by atoms with Gasteiger partial charge in [0.05, 0.1) is 18.6 Å². The van der Waals surface area contributed by atoms with Gasteiger partial charge < -0.3 is 31.9 Å². The number of amides is 2. The third-order valence-electron chi connectivity index (χ3n) is 7.87. The molecule has 6 N–H and O–H groups in total. The quantitative estimate of drug-likeness (QED) is 0.322. The number of hydrogen-bond acceptors (Lipinski definition) is 8. The largest absolute Gasteiger partial charge is 0.381 e. The summed E-state index contributed by atoms with van der Waals surface area (Å²) in [4.78, 5) is 30.2. The lowest BCUT2D eigenvalue weighted by Crippen LogP contribution is -2.66. The highest BCUT2D eigenvalue weighted by molar-refractivity contribution is 6.03. The minimum atomic E-state index is -1.17. The van der Waals surface area contributed by atoms with Crippen LogP contribution in [0.25, 0.3) is 0 Å². The first-order valence-electron chi connectivity index (χ1n) is 13.0. The van der Waals surface area contributed by atoms with Crippen LogP contribution in [0.1, 0.15) is 29.6 Å². The topological polar surface area (TPSA) is 133 Å². The molecule has 0 spiro atoms. The fourth-order valence-electron chi connectivity index (χ4n) is 5.75. The summed E-state index contributed by atoms with van der Waals surface area (Å²) >= 11 is 0. The Morgan fingerprint density at radius 3 is 2.61 bits per heavy atom. The first-order chi connectivity index (χ1) is 17.4. The SMILES string of the molecule is Nc1nn2c(c1C(=O)NC1CNCC(F)C1N1CCC(C(=O)NCCN3CCC3)CC1)NCC(F)C2. The first kappa shape index (κ1) is 25.2. The minimum Gasteiger partial charge on any atom is -0.381 e. The number of nitrogen functional groups attached to an aromatic ring is 1. The Labute approximate surface area is 209 Å². The average molecular weight is 510 g/mol. The van der Waals surface area contributed by atoms with Gasteiger partial charge in [-0.3, -0.25) is 14.5 Å². The van der Waals surface area contributed by atoms with E-state index in [9.17, 15) is 14.0 Å². The summed E-state index contributed by atoms with van der Waals surface area (Å²) in [6.07, 6.45) is 0.262. The van der Waals surface area contributed by atoms with Crippen LogP contribution in [0.15, 0.2) is 0 Å². The summed E-state index contributed by atoms with van der Waals surface area (Å²) in [5, 5.41) is 16.0. The van der Waals surface area contributed by atoms with E-state index in [1.807, 2.05) is 0 Å². The number of hydrogen-bond donors (Lipinski definition) is 5. The lowest BCUT2D eigenvalue weighted by molar-refractivity contribution is -0.127. The molecule has 200 valence electrons. The van der Waals surface area contributed by atoms with E-state index in [0.29, 0.717) is 44.8 Å². The van der Waals surface area contributed by atoms with Crippen molar-refractivity contribution in [2.75, 3.05) is 70.0 Å². The Balaban J connectivity index is 1.18. The number of aromatic nitrogens is 2. The highest BCUT2D eigenvalue weighted by atomic mass is 19.1. The predicted octanol–water partition coefficient (Wildman–Crippen LogP) is -0.829. The molecule has 4 aliphatic rings. The minimum absolute atomic E-state index is 0.0159. The van der Waals surface area contributed by atoms with E-state index >= 15 is 4.39 Å². The van der Waals surface area contributed by atoms with Crippen LogP contribution in [0.5, 0.6) is 0 Å². The van der Waals surface area contributed by atoms with Crippen LogP contribution in [0.3, 0.4) is 0 Å². The Hall–Kier alpha value is -2.51. The van der Waals surface area contributed by atoms with E-state index < -0.39 is 30.3 Å². The number of anilines is 2. The molecule has 0 radical (unpaired) electrons. The fraction of sp³-hybridized carbons (Fsp3) is 0.783. The van der Waals surface area contributed by atoms with E-state index in [1.54, 1.807) is 0 Å². The molecule has 0 aliphatic carbocycles. The number of fused-ring (bicyclic) bond motifs is 1. The Kier molecular flexibility index (Phi) is 7.58. The van der Waals surface area contributed by atoms with Crippen molar-refractivity contribution in [2.24, 2.45) is 5.92 Å². The molecule has 13 heteroatoms. The molecule has 0 saturated carbocycles. The Bertz CT molecular complexity index is 948. The smallest absolute Gasteiger partial charge is 0.259 e. The van der Waals surface area contributed by atoms with Crippen molar-refractivity contribution in [3.63, 3.8) is 0 Å². The van der Waals surface area contributed by atoms with Gasteiger partial charge in [0.25, 0.3) is 5.91 Å². The van der Waals surface area contributed by atoms with Crippen molar-refractivity contribution < 1.29 is 18.4 Å². The van der Waals surface area contributed by atoms with Gasteiger partial charge in [-0.2, -0.15) is 5.10 Å². The molecule has 2 amide bonds. The molecule has 5 heterocycles.